The minimum atomic E-state index is -3.21. The van der Waals surface area contributed by atoms with Gasteiger partial charge in [0.2, 0.25) is 10.0 Å². The molecule has 1 aromatic heterocycles. The number of rotatable bonds is 9. The number of carbonyl (C=O) groups is 1. The number of nitrogens with one attached hydrogen (secondary N) is 1. The lowest BCUT2D eigenvalue weighted by molar-refractivity contribution is -0.139. The van der Waals surface area contributed by atoms with Crippen molar-refractivity contribution in [1.82, 2.24) is 9.71 Å². The molecule has 0 radical (unpaired) electrons. The first-order valence-electron chi connectivity index (χ1n) is 13.4. The minimum Gasteiger partial charge on any atom is -0.489 e. The topological polar surface area (TPSA) is 109 Å². The lowest BCUT2D eigenvalue weighted by Crippen LogP contribution is -2.30. The minimum absolute atomic E-state index is 0.0175. The normalized spacial score (nSPS) is 20.5. The molecule has 1 aliphatic heterocycles. The van der Waals surface area contributed by atoms with Crippen molar-refractivity contribution in [2.75, 3.05) is 30.8 Å². The number of nitrogens with zero attached hydrogens (tertiary/aromatic N) is 2. The van der Waals surface area contributed by atoms with Crippen LogP contribution in [-0.2, 0) is 27.8 Å². The van der Waals surface area contributed by atoms with E-state index >= 15 is 0 Å². The SMILES string of the molecule is Cc1nc(N2CCC(CNS(C)(=O)=O)C2)ccc1-c1ccc(F)c(COc2ccc3c(c2)C[C@H](C)[C@@H]3C(=O)O)c1. The molecule has 3 aromatic rings. The Hall–Kier alpha value is -3.50. The van der Waals surface area contributed by atoms with Crippen LogP contribution < -0.4 is 14.4 Å². The second-order valence-corrected chi connectivity index (χ2v) is 12.8. The predicted molar refractivity (Wildman–Crippen MR) is 152 cm³/mol. The highest BCUT2D eigenvalue weighted by molar-refractivity contribution is 7.88. The van der Waals surface area contributed by atoms with Gasteiger partial charge in [-0.2, -0.15) is 0 Å². The fourth-order valence-electron chi connectivity index (χ4n) is 5.82. The second-order valence-electron chi connectivity index (χ2n) is 11.0. The molecule has 3 atom stereocenters. The quantitative estimate of drug-likeness (QED) is 0.392. The summed E-state index contributed by atoms with van der Waals surface area (Å²) in [5.41, 5.74) is 4.74. The molecule has 2 N–H and O–H groups in total. The van der Waals surface area contributed by atoms with Crippen LogP contribution >= 0.6 is 0 Å². The monoisotopic (exact) mass is 567 g/mol. The maximum atomic E-state index is 14.7. The molecule has 0 amide bonds. The summed E-state index contributed by atoms with van der Waals surface area (Å²) < 4.78 is 46.1. The Morgan fingerprint density at radius 1 is 1.20 bits per heavy atom. The molecule has 5 rings (SSSR count). The largest absolute Gasteiger partial charge is 0.489 e. The molecule has 1 fully saturated rings. The molecule has 2 heterocycles. The Morgan fingerprint density at radius 3 is 2.73 bits per heavy atom. The van der Waals surface area contributed by atoms with Gasteiger partial charge in [0, 0.05) is 36.5 Å². The highest BCUT2D eigenvalue weighted by atomic mass is 32.2. The lowest BCUT2D eigenvalue weighted by Gasteiger charge is -2.19. The van der Waals surface area contributed by atoms with Crippen molar-refractivity contribution in [2.24, 2.45) is 11.8 Å². The van der Waals surface area contributed by atoms with Crippen molar-refractivity contribution in [2.45, 2.75) is 39.2 Å². The van der Waals surface area contributed by atoms with Crippen molar-refractivity contribution < 1.29 is 27.4 Å². The molecule has 1 saturated heterocycles. The van der Waals surface area contributed by atoms with E-state index in [2.05, 4.69) is 9.62 Å². The van der Waals surface area contributed by atoms with Gasteiger partial charge in [0.15, 0.2) is 0 Å². The van der Waals surface area contributed by atoms with E-state index in [1.807, 2.05) is 32.0 Å². The van der Waals surface area contributed by atoms with Crippen LogP contribution in [0, 0.1) is 24.6 Å². The molecule has 212 valence electrons. The summed E-state index contributed by atoms with van der Waals surface area (Å²) in [5.74, 6) is -0.0249. The number of halogens is 1. The van der Waals surface area contributed by atoms with Gasteiger partial charge in [0.05, 0.1) is 12.2 Å². The number of ether oxygens (including phenoxy) is 1. The Balaban J connectivity index is 1.27. The first kappa shape index (κ1) is 28.0. The summed E-state index contributed by atoms with van der Waals surface area (Å²) in [6, 6.07) is 14.3. The summed E-state index contributed by atoms with van der Waals surface area (Å²) >= 11 is 0. The Bertz CT molecular complexity index is 1540. The number of carboxylic acid groups (broad SMARTS) is 1. The van der Waals surface area contributed by atoms with Crippen LogP contribution in [-0.4, -0.2) is 50.4 Å². The smallest absolute Gasteiger partial charge is 0.311 e. The molecular weight excluding hydrogens is 533 g/mol. The number of aliphatic carboxylic acids is 1. The van der Waals surface area contributed by atoms with E-state index in [0.717, 1.165) is 53.3 Å². The highest BCUT2D eigenvalue weighted by Crippen LogP contribution is 2.39. The molecule has 0 saturated carbocycles. The van der Waals surface area contributed by atoms with E-state index in [4.69, 9.17) is 9.72 Å². The standard InChI is InChI=1S/C30H34FN3O5S/c1-18-12-22-14-24(5-6-26(22)29(18)30(35)36)39-17-23-13-21(4-8-27(23)31)25-7-9-28(33-19(25)2)34-11-10-20(16-34)15-32-40(3,37)38/h4-9,13-14,18,20,29,32H,10-12,15-17H2,1-3H3,(H,35,36)/t18-,20?,29-/m0/s1. The van der Waals surface area contributed by atoms with Crippen molar-refractivity contribution in [3.63, 3.8) is 0 Å². The van der Waals surface area contributed by atoms with Crippen LogP contribution in [0.25, 0.3) is 11.1 Å². The van der Waals surface area contributed by atoms with Crippen LogP contribution in [0.5, 0.6) is 5.75 Å². The van der Waals surface area contributed by atoms with Gasteiger partial charge < -0.3 is 14.7 Å². The Kier molecular flexibility index (Phi) is 7.83. The molecule has 40 heavy (non-hydrogen) atoms. The van der Waals surface area contributed by atoms with Gasteiger partial charge >= 0.3 is 5.97 Å². The first-order valence-corrected chi connectivity index (χ1v) is 15.3. The number of carboxylic acids is 1. The van der Waals surface area contributed by atoms with Crippen LogP contribution in [0.4, 0.5) is 10.2 Å². The van der Waals surface area contributed by atoms with Crippen LogP contribution in [0.15, 0.2) is 48.5 Å². The van der Waals surface area contributed by atoms with E-state index in [-0.39, 0.29) is 24.3 Å². The number of benzene rings is 2. The van der Waals surface area contributed by atoms with Gasteiger partial charge in [-0.15, -0.1) is 0 Å². The summed E-state index contributed by atoms with van der Waals surface area (Å²) in [5, 5.41) is 9.55. The fraction of sp³-hybridized carbons (Fsp3) is 0.400. The molecule has 0 bridgehead atoms. The Morgan fingerprint density at radius 2 is 2.00 bits per heavy atom. The van der Waals surface area contributed by atoms with Crippen LogP contribution in [0.1, 0.15) is 41.6 Å². The molecule has 0 spiro atoms. The van der Waals surface area contributed by atoms with Crippen molar-refractivity contribution in [3.8, 4) is 16.9 Å². The molecule has 2 aromatic carbocycles. The third kappa shape index (κ3) is 6.13. The Labute approximate surface area is 234 Å². The second kappa shape index (κ2) is 11.2. The van der Waals surface area contributed by atoms with Crippen molar-refractivity contribution in [1.29, 1.82) is 0 Å². The predicted octanol–water partition coefficient (Wildman–Crippen LogP) is 4.51. The van der Waals surface area contributed by atoms with Gasteiger partial charge in [-0.3, -0.25) is 4.79 Å². The average Bonchev–Trinajstić information content (AvgIpc) is 3.50. The number of sulfonamides is 1. The zero-order valence-electron chi connectivity index (χ0n) is 22.9. The molecule has 1 aliphatic carbocycles. The van der Waals surface area contributed by atoms with E-state index in [1.165, 1.54) is 12.3 Å². The first-order chi connectivity index (χ1) is 19.0. The lowest BCUT2D eigenvalue weighted by atomic mass is 9.94. The number of pyridine rings is 1. The van der Waals surface area contributed by atoms with Crippen LogP contribution in [0.3, 0.4) is 0 Å². The van der Waals surface area contributed by atoms with Gasteiger partial charge in [0.1, 0.15) is 24.0 Å². The van der Waals surface area contributed by atoms with Crippen molar-refractivity contribution in [3.05, 3.63) is 76.7 Å². The highest BCUT2D eigenvalue weighted by Gasteiger charge is 2.35. The average molecular weight is 568 g/mol. The maximum Gasteiger partial charge on any atom is 0.311 e. The summed E-state index contributed by atoms with van der Waals surface area (Å²) in [4.78, 5) is 18.6. The van der Waals surface area contributed by atoms with Gasteiger partial charge in [0.25, 0.3) is 0 Å². The van der Waals surface area contributed by atoms with Gasteiger partial charge in [-0.05, 0) is 84.7 Å². The number of anilines is 1. The number of fused-ring (bicyclic) bond motifs is 1. The number of hydrogen-bond acceptors (Lipinski definition) is 6. The van der Waals surface area contributed by atoms with Crippen molar-refractivity contribution >= 4 is 21.8 Å². The summed E-state index contributed by atoms with van der Waals surface area (Å²) in [6.45, 7) is 5.85. The zero-order valence-corrected chi connectivity index (χ0v) is 23.7. The van der Waals surface area contributed by atoms with Gasteiger partial charge in [-0.25, -0.2) is 22.5 Å². The molecule has 2 aliphatic rings. The van der Waals surface area contributed by atoms with E-state index in [9.17, 15) is 22.7 Å². The van der Waals surface area contributed by atoms with Gasteiger partial charge in [-0.1, -0.05) is 19.1 Å². The van der Waals surface area contributed by atoms with E-state index < -0.39 is 21.9 Å². The number of aryl methyl sites for hydroxylation is 1. The molecular formula is C30H34FN3O5S. The fourth-order valence-corrected chi connectivity index (χ4v) is 6.36. The number of aromatic nitrogens is 1. The molecule has 10 heteroatoms. The zero-order chi connectivity index (χ0) is 28.6. The molecule has 1 unspecified atom stereocenters. The third-order valence-corrected chi connectivity index (χ3v) is 8.58. The van der Waals surface area contributed by atoms with E-state index in [1.54, 1.807) is 24.3 Å². The molecule has 8 nitrogen and oxygen atoms in total. The maximum absolute atomic E-state index is 14.7. The summed E-state index contributed by atoms with van der Waals surface area (Å²) in [6.07, 6.45) is 2.72. The van der Waals surface area contributed by atoms with E-state index in [0.29, 0.717) is 24.3 Å². The number of hydrogen-bond donors (Lipinski definition) is 2. The summed E-state index contributed by atoms with van der Waals surface area (Å²) in [7, 11) is -3.21. The third-order valence-electron chi connectivity index (χ3n) is 7.89. The van der Waals surface area contributed by atoms with Crippen LogP contribution in [0.2, 0.25) is 0 Å².